The van der Waals surface area contributed by atoms with Crippen LogP contribution in [0.5, 0.6) is 23.0 Å². The highest BCUT2D eigenvalue weighted by Crippen LogP contribution is 2.35. The fraction of sp³-hybridized carbons (Fsp3) is 0.483. The van der Waals surface area contributed by atoms with E-state index >= 15 is 0 Å². The van der Waals surface area contributed by atoms with Crippen LogP contribution in [0.3, 0.4) is 0 Å². The number of hydrogen-bond donors (Lipinski definition) is 0. The van der Waals surface area contributed by atoms with Crippen molar-refractivity contribution in [2.75, 3.05) is 46.5 Å². The zero-order valence-electron chi connectivity index (χ0n) is 77.4. The van der Waals surface area contributed by atoms with Crippen LogP contribution >= 0.6 is 0 Å². The van der Waals surface area contributed by atoms with E-state index in [4.69, 9.17) is 18.9 Å². The number of rotatable bonds is 55. The molecule has 8 aromatic rings. The summed E-state index contributed by atoms with van der Waals surface area (Å²) in [5, 5.41) is 0. The quantitative estimate of drug-likeness (QED) is 0.0276. The number of allylic oxidation sites excluding steroid dienone is 11. The van der Waals surface area contributed by atoms with Crippen molar-refractivity contribution in [2.45, 2.75) is 336 Å². The van der Waals surface area contributed by atoms with Crippen LogP contribution < -0.4 is 38.5 Å². The number of fused-ring (bicyclic) bond motifs is 4. The molecule has 0 saturated carbocycles. The fourth-order valence-electron chi connectivity index (χ4n) is 16.8. The highest BCUT2D eigenvalue weighted by atomic mass is 16.5. The minimum Gasteiger partial charge on any atom is -0.473 e. The second kappa shape index (κ2) is 63.5. The maximum Gasteiger partial charge on any atom is 0.161 e. The first-order valence-electron chi connectivity index (χ1n) is 49.5. The first-order chi connectivity index (χ1) is 61.5. The van der Waals surface area contributed by atoms with E-state index in [0.29, 0.717) is 26.9 Å². The van der Waals surface area contributed by atoms with Gasteiger partial charge in [0.1, 0.15) is 23.0 Å². The van der Waals surface area contributed by atoms with Gasteiger partial charge in [-0.1, -0.05) is 369 Å². The van der Waals surface area contributed by atoms with E-state index in [9.17, 15) is 0 Å². The molecule has 0 atom stereocenters. The normalized spacial score (nSPS) is 13.4. The Balaban J connectivity index is 0.000000187. The summed E-state index contributed by atoms with van der Waals surface area (Å²) in [6, 6.07) is 69.3. The van der Waals surface area contributed by atoms with Gasteiger partial charge < -0.3 is 38.5 Å². The molecule has 0 radical (unpaired) electrons. The molecule has 4 aliphatic heterocycles. The maximum absolute atomic E-state index is 6.08. The Morgan fingerprint density at radius 2 is 0.460 bits per heavy atom. The summed E-state index contributed by atoms with van der Waals surface area (Å²) in [6.45, 7) is 16.7. The molecule has 8 nitrogen and oxygen atoms in total. The van der Waals surface area contributed by atoms with Crippen LogP contribution in [-0.4, -0.2) is 26.9 Å². The van der Waals surface area contributed by atoms with Gasteiger partial charge in [-0.2, -0.15) is 0 Å². The molecule has 668 valence electrons. The number of anilines is 4. The second-order valence-electron chi connectivity index (χ2n) is 34.9. The molecule has 0 N–H and O–H groups in total. The number of hydrogen-bond acceptors (Lipinski definition) is 8. The molecule has 0 amide bonds. The van der Waals surface area contributed by atoms with Crippen molar-refractivity contribution in [3.05, 3.63) is 312 Å². The SMILES string of the molecule is C=CC/C=C\C/C=C\CCCCCCCc1ccc2c(c1)OCN(c1ccccc1)C2.CCC/C=C\C/C=C\CCCCCCCc1ccc2c(c1)OCN(c1ccccc1)C2.CCCCCC/C=C\CCCCCCCc1ccc2c(c1)OCN(c1ccccc1)C2.CCCCCCCCCCCCCCCc1ccc2c(c1)OCN(c1ccccc1)C2. The number of para-hydroxylation sites is 4. The monoisotopic (exact) mass is 1670 g/mol. The number of benzene rings is 8. The molecule has 12 rings (SSSR count). The van der Waals surface area contributed by atoms with Crippen LogP contribution in [0.1, 0.15) is 329 Å². The molecule has 4 heterocycles. The third-order valence-corrected chi connectivity index (χ3v) is 24.4. The summed E-state index contributed by atoms with van der Waals surface area (Å²) in [7, 11) is 0. The molecule has 0 bridgehead atoms. The molecule has 124 heavy (non-hydrogen) atoms. The van der Waals surface area contributed by atoms with E-state index in [-0.39, 0.29) is 0 Å². The molecule has 4 aliphatic rings. The second-order valence-corrected chi connectivity index (χ2v) is 34.9. The molecule has 0 fully saturated rings. The lowest BCUT2D eigenvalue weighted by atomic mass is 10.0. The minimum atomic E-state index is 0.625. The Kier molecular flexibility index (Phi) is 50.4. The summed E-state index contributed by atoms with van der Waals surface area (Å²) in [5.74, 6) is 4.29. The van der Waals surface area contributed by atoms with Gasteiger partial charge in [0.05, 0.1) is 0 Å². The van der Waals surface area contributed by atoms with Crippen molar-refractivity contribution in [3.63, 3.8) is 0 Å². The molecule has 0 saturated heterocycles. The van der Waals surface area contributed by atoms with Gasteiger partial charge in [-0.05, 0) is 223 Å². The first-order valence-corrected chi connectivity index (χ1v) is 49.5. The molecule has 0 aliphatic carbocycles. The average Bonchev–Trinajstić information content (AvgIpc) is 0.832. The van der Waals surface area contributed by atoms with Gasteiger partial charge in [-0.15, -0.1) is 6.58 Å². The van der Waals surface area contributed by atoms with Gasteiger partial charge in [0.2, 0.25) is 0 Å². The van der Waals surface area contributed by atoms with Gasteiger partial charge in [0.25, 0.3) is 0 Å². The zero-order chi connectivity index (χ0) is 86.3. The van der Waals surface area contributed by atoms with Crippen LogP contribution in [0.15, 0.2) is 268 Å². The van der Waals surface area contributed by atoms with Gasteiger partial charge in [0, 0.05) is 71.2 Å². The molecular weight excluding hydrogens is 1510 g/mol. The van der Waals surface area contributed by atoms with Gasteiger partial charge in [0.15, 0.2) is 26.9 Å². The van der Waals surface area contributed by atoms with Crippen molar-refractivity contribution < 1.29 is 18.9 Å². The molecular formula is C116H160N4O4. The lowest BCUT2D eigenvalue weighted by Gasteiger charge is -2.31. The summed E-state index contributed by atoms with van der Waals surface area (Å²) < 4.78 is 24.3. The van der Waals surface area contributed by atoms with Crippen molar-refractivity contribution in [1.29, 1.82) is 0 Å². The van der Waals surface area contributed by atoms with Gasteiger partial charge in [-0.3, -0.25) is 0 Å². The Labute approximate surface area is 754 Å². The van der Waals surface area contributed by atoms with Crippen LogP contribution in [-0.2, 0) is 51.9 Å². The van der Waals surface area contributed by atoms with E-state index in [1.807, 2.05) is 6.08 Å². The molecule has 0 aromatic heterocycles. The standard InChI is InChI=1S/C29H43NO.C29H41NO.C29H39NO.C29H37NO/c4*1-2-3-4-5-6-7-8-9-10-11-12-13-15-18-26-21-22-27-24-30(25-31-29(27)23-26)28-19-16-14-17-20-28/h14,16-17,19-23H,2-13,15,18,24-25H2,1H3;7-8,14,16-17,19-23H,2-6,9-13,15,18,24-25H2,1H3;4-5,7-8,14,16-17,19-23H,2-3,6,9-13,15,18,24-25H2,1H3;2,4-5,7-8,14,16-17,19-23H,1,3,6,9-13,15,18,24-25H2/b;8-7-;2*5-4-,8-7-. The molecule has 0 spiro atoms. The highest BCUT2D eigenvalue weighted by Gasteiger charge is 2.23. The van der Waals surface area contributed by atoms with Crippen molar-refractivity contribution in [1.82, 2.24) is 0 Å². The minimum absolute atomic E-state index is 0.625. The van der Waals surface area contributed by atoms with Gasteiger partial charge in [-0.25, -0.2) is 0 Å². The summed E-state index contributed by atoms with van der Waals surface area (Å²) >= 11 is 0. The van der Waals surface area contributed by atoms with E-state index in [1.54, 1.807) is 0 Å². The van der Waals surface area contributed by atoms with Crippen LogP contribution in [0.25, 0.3) is 0 Å². The predicted octanol–water partition coefficient (Wildman–Crippen LogP) is 33.4. The van der Waals surface area contributed by atoms with Crippen molar-refractivity contribution >= 4 is 22.7 Å². The van der Waals surface area contributed by atoms with E-state index in [2.05, 4.69) is 302 Å². The Morgan fingerprint density at radius 3 is 0.726 bits per heavy atom. The first kappa shape index (κ1) is 98.4. The number of nitrogens with zero attached hydrogens (tertiary/aromatic N) is 4. The Bertz CT molecular complexity index is 4220. The Hall–Kier alpha value is -9.40. The summed E-state index contributed by atoms with van der Waals surface area (Å²) in [4.78, 5) is 9.12. The van der Waals surface area contributed by atoms with E-state index in [1.165, 1.54) is 318 Å². The molecule has 0 unspecified atom stereocenters. The van der Waals surface area contributed by atoms with E-state index < -0.39 is 0 Å². The third-order valence-electron chi connectivity index (χ3n) is 24.4. The van der Waals surface area contributed by atoms with Crippen molar-refractivity contribution in [3.8, 4) is 23.0 Å². The van der Waals surface area contributed by atoms with Crippen molar-refractivity contribution in [2.24, 2.45) is 0 Å². The maximum atomic E-state index is 6.08. The fourth-order valence-corrected chi connectivity index (χ4v) is 16.8. The molecule has 8 aromatic carbocycles. The molecule has 8 heteroatoms. The van der Waals surface area contributed by atoms with Crippen LogP contribution in [0, 0.1) is 0 Å². The highest BCUT2D eigenvalue weighted by molar-refractivity contribution is 5.54. The number of aryl methyl sites for hydroxylation is 4. The lowest BCUT2D eigenvalue weighted by Crippen LogP contribution is -2.31. The number of unbranched alkanes of at least 4 members (excludes halogenated alkanes) is 32. The summed E-state index contributed by atoms with van der Waals surface area (Å²) in [6.07, 6.45) is 83.8. The Morgan fingerprint density at radius 1 is 0.234 bits per heavy atom. The van der Waals surface area contributed by atoms with E-state index in [0.717, 1.165) is 87.7 Å². The smallest absolute Gasteiger partial charge is 0.161 e. The topological polar surface area (TPSA) is 49.9 Å². The number of ether oxygens (including phenoxy) is 4. The van der Waals surface area contributed by atoms with Crippen LogP contribution in [0.2, 0.25) is 0 Å². The van der Waals surface area contributed by atoms with Crippen LogP contribution in [0.4, 0.5) is 22.7 Å². The zero-order valence-corrected chi connectivity index (χ0v) is 77.4. The average molecular weight is 1670 g/mol. The third kappa shape index (κ3) is 40.3. The van der Waals surface area contributed by atoms with Gasteiger partial charge >= 0.3 is 0 Å². The predicted molar refractivity (Wildman–Crippen MR) is 535 cm³/mol. The lowest BCUT2D eigenvalue weighted by molar-refractivity contribution is 0.289. The largest absolute Gasteiger partial charge is 0.473 e. The summed E-state index contributed by atoms with van der Waals surface area (Å²) in [5.41, 5.74) is 15.7.